The van der Waals surface area contributed by atoms with Crippen molar-refractivity contribution in [3.05, 3.63) is 74.7 Å². The van der Waals surface area contributed by atoms with Crippen LogP contribution in [0.3, 0.4) is 0 Å². The summed E-state index contributed by atoms with van der Waals surface area (Å²) in [5.74, 6) is 0. The molecule has 0 aliphatic carbocycles. The molecule has 0 bridgehead atoms. The first-order valence-corrected chi connectivity index (χ1v) is 14.3. The number of fused-ring (bicyclic) bond motifs is 2. The van der Waals surface area contributed by atoms with Gasteiger partial charge in [0.2, 0.25) is 0 Å². The van der Waals surface area contributed by atoms with Crippen molar-refractivity contribution < 1.29 is 21.1 Å². The molecule has 214 valence electrons. The average Bonchev–Trinajstić information content (AvgIpc) is 3.53. The average molecular weight is 708 g/mol. The maximum atomic E-state index is 5.25. The van der Waals surface area contributed by atoms with Crippen LogP contribution in [0, 0.1) is 39.0 Å². The molecule has 2 aromatic carbocycles. The molecule has 0 amide bonds. The number of hydrogen-bond donors (Lipinski definition) is 0. The van der Waals surface area contributed by atoms with Gasteiger partial charge in [-0.1, -0.05) is 77.6 Å². The second kappa shape index (κ2) is 22.3. The molecule has 0 saturated heterocycles. The van der Waals surface area contributed by atoms with Crippen LogP contribution in [-0.2, 0) is 21.1 Å². The third kappa shape index (κ3) is 11.2. The zero-order valence-corrected chi connectivity index (χ0v) is 26.8. The first kappa shape index (κ1) is 36.4. The number of rotatable bonds is 12. The Bertz CT molecular complexity index is 784. The predicted molar refractivity (Wildman–Crippen MR) is 167 cm³/mol. The van der Waals surface area contributed by atoms with E-state index < -0.39 is 0 Å². The topological polar surface area (TPSA) is 13.0 Å². The molecular weight excluding hydrogens is 659 g/mol. The molecule has 4 nitrogen and oxygen atoms in total. The Morgan fingerprint density at radius 1 is 0.487 bits per heavy atom. The minimum atomic E-state index is 0. The van der Waals surface area contributed by atoms with Crippen molar-refractivity contribution in [2.75, 3.05) is 45.8 Å². The van der Waals surface area contributed by atoms with Gasteiger partial charge in [0.15, 0.2) is 0 Å². The van der Waals surface area contributed by atoms with Gasteiger partial charge in [0.25, 0.3) is 0 Å². The van der Waals surface area contributed by atoms with Gasteiger partial charge in [0.05, 0.1) is 0 Å². The van der Waals surface area contributed by atoms with Crippen LogP contribution in [-0.4, -0.2) is 26.2 Å². The number of anilines is 4. The Labute approximate surface area is 255 Å². The Morgan fingerprint density at radius 2 is 0.692 bits per heavy atom. The van der Waals surface area contributed by atoms with Crippen molar-refractivity contribution in [1.82, 2.24) is 0 Å². The van der Waals surface area contributed by atoms with E-state index in [4.69, 9.17) is 12.8 Å². The van der Waals surface area contributed by atoms with Gasteiger partial charge in [-0.15, -0.1) is 0 Å². The van der Waals surface area contributed by atoms with Crippen LogP contribution >= 0.6 is 0 Å². The molecule has 0 radical (unpaired) electrons. The number of unbranched alkanes of at least 4 members (excludes halogenated alkanes) is 4. The Balaban J connectivity index is 0.000000642. The number of nitrogens with zero attached hydrogens (tertiary/aromatic N) is 4. The van der Waals surface area contributed by atoms with E-state index in [0.717, 1.165) is 26.2 Å². The van der Waals surface area contributed by atoms with Crippen LogP contribution in [0.25, 0.3) is 0 Å². The van der Waals surface area contributed by atoms with Gasteiger partial charge in [-0.05, 0) is 76.1 Å². The van der Waals surface area contributed by atoms with Gasteiger partial charge >= 0.3 is 21.1 Å². The minimum Gasteiger partial charge on any atom is -0.697 e. The summed E-state index contributed by atoms with van der Waals surface area (Å²) in [7, 11) is 0. The standard InChI is InChI=1S/2C15H23N2.2C2H.Pt/c2*1-3-5-11-16-13-17(12-6-4-2)15-10-8-7-9-14(15)16;2*1-2;/h2*7-10,13H,3-6,11-12H2,1-2H3;2*1H;/q4*-1;+4. The second-order valence-corrected chi connectivity index (χ2v) is 9.40. The summed E-state index contributed by atoms with van der Waals surface area (Å²) >= 11 is 0. The summed E-state index contributed by atoms with van der Waals surface area (Å²) in [6, 6.07) is 17.5. The van der Waals surface area contributed by atoms with E-state index in [1.165, 1.54) is 74.1 Å². The van der Waals surface area contributed by atoms with Gasteiger partial charge in [0.1, 0.15) is 0 Å². The number of benzene rings is 2. The first-order chi connectivity index (χ1) is 18.7. The van der Waals surface area contributed by atoms with E-state index >= 15 is 0 Å². The molecule has 0 N–H and O–H groups in total. The minimum absolute atomic E-state index is 0. The van der Waals surface area contributed by atoms with Crippen LogP contribution in [0.4, 0.5) is 22.7 Å². The predicted octanol–water partition coefficient (Wildman–Crippen LogP) is 8.47. The SMILES string of the molecule is CCCCN1[CH-]N(CCCC)c2ccccc21.CCCCN1[CH-]N(CCCC)c2ccccc21.[C-]#C.[C-]#C.[Pt+4]. The quantitative estimate of drug-likeness (QED) is 0.162. The van der Waals surface area contributed by atoms with Crippen molar-refractivity contribution in [2.24, 2.45) is 0 Å². The van der Waals surface area contributed by atoms with Crippen molar-refractivity contribution in [3.63, 3.8) is 0 Å². The van der Waals surface area contributed by atoms with Crippen molar-refractivity contribution in [2.45, 2.75) is 79.1 Å². The third-order valence-corrected chi connectivity index (χ3v) is 6.57. The molecular formula is C34H48N4Pt. The molecule has 2 aromatic rings. The van der Waals surface area contributed by atoms with Gasteiger partial charge in [-0.25, -0.2) is 0 Å². The molecule has 2 aliphatic heterocycles. The summed E-state index contributed by atoms with van der Waals surface area (Å²) in [6.45, 7) is 18.1. The number of terminal acetylenes is 2. The van der Waals surface area contributed by atoms with Gasteiger partial charge < -0.3 is 45.3 Å². The monoisotopic (exact) mass is 707 g/mol. The fraction of sp³-hybridized carbons (Fsp3) is 0.471. The fourth-order valence-corrected chi connectivity index (χ4v) is 4.51. The molecule has 0 aromatic heterocycles. The van der Waals surface area contributed by atoms with Gasteiger partial charge in [-0.3, -0.25) is 0 Å². The van der Waals surface area contributed by atoms with Crippen molar-refractivity contribution >= 4 is 22.7 Å². The summed E-state index contributed by atoms with van der Waals surface area (Å²) in [6.07, 6.45) is 28.0. The van der Waals surface area contributed by atoms with Crippen LogP contribution in [0.2, 0.25) is 0 Å². The summed E-state index contributed by atoms with van der Waals surface area (Å²) < 4.78 is 0. The summed E-state index contributed by atoms with van der Waals surface area (Å²) in [4.78, 5) is 9.59. The molecule has 4 rings (SSSR count). The van der Waals surface area contributed by atoms with E-state index in [9.17, 15) is 0 Å². The van der Waals surface area contributed by atoms with Crippen molar-refractivity contribution in [3.8, 4) is 12.8 Å². The molecule has 0 saturated carbocycles. The summed E-state index contributed by atoms with van der Waals surface area (Å²) in [5, 5.41) is 0. The molecule has 0 spiro atoms. The van der Waals surface area contributed by atoms with E-state index in [1.54, 1.807) is 0 Å². The normalized spacial score (nSPS) is 12.5. The fourth-order valence-electron chi connectivity index (χ4n) is 4.51. The van der Waals surface area contributed by atoms with Crippen LogP contribution in [0.5, 0.6) is 0 Å². The Hall–Kier alpha value is -2.55. The molecule has 2 aliphatic rings. The number of hydrogen-bond acceptors (Lipinski definition) is 4. The van der Waals surface area contributed by atoms with E-state index in [2.05, 4.69) is 122 Å². The van der Waals surface area contributed by atoms with Gasteiger partial charge in [-0.2, -0.15) is 13.3 Å². The molecule has 2 heterocycles. The van der Waals surface area contributed by atoms with E-state index in [-0.39, 0.29) is 21.1 Å². The smallest absolute Gasteiger partial charge is 0.697 e. The second-order valence-electron chi connectivity index (χ2n) is 9.40. The molecule has 0 unspecified atom stereocenters. The Kier molecular flexibility index (Phi) is 20.8. The molecule has 5 heteroatoms. The zero-order valence-electron chi connectivity index (χ0n) is 24.5. The van der Waals surface area contributed by atoms with E-state index in [0.29, 0.717) is 0 Å². The van der Waals surface area contributed by atoms with Crippen LogP contribution in [0.15, 0.2) is 48.5 Å². The maximum Gasteiger partial charge on any atom is 4.00 e. The van der Waals surface area contributed by atoms with Gasteiger partial charge in [0, 0.05) is 22.7 Å². The molecule has 0 atom stereocenters. The first-order valence-electron chi connectivity index (χ1n) is 14.3. The largest absolute Gasteiger partial charge is 4.00 e. The maximum absolute atomic E-state index is 5.25. The Morgan fingerprint density at radius 3 is 0.872 bits per heavy atom. The zero-order chi connectivity index (χ0) is 28.2. The van der Waals surface area contributed by atoms with Crippen LogP contribution < -0.4 is 19.6 Å². The summed E-state index contributed by atoms with van der Waals surface area (Å²) in [5.41, 5.74) is 5.49. The van der Waals surface area contributed by atoms with Crippen LogP contribution in [0.1, 0.15) is 79.1 Å². The molecule has 0 fully saturated rings. The van der Waals surface area contributed by atoms with Crippen molar-refractivity contribution in [1.29, 1.82) is 0 Å². The van der Waals surface area contributed by atoms with E-state index in [1.807, 2.05) is 0 Å². The number of para-hydroxylation sites is 4. The third-order valence-electron chi connectivity index (χ3n) is 6.57. The molecule has 39 heavy (non-hydrogen) atoms.